The van der Waals surface area contributed by atoms with E-state index < -0.39 is 0 Å². The van der Waals surface area contributed by atoms with Gasteiger partial charge >= 0.3 is 0 Å². The molecule has 0 aromatic rings. The number of hydrogen-bond acceptors (Lipinski definition) is 2. The van der Waals surface area contributed by atoms with Gasteiger partial charge in [0.2, 0.25) is 5.91 Å². The fourth-order valence-electron chi connectivity index (χ4n) is 0.891. The van der Waals surface area contributed by atoms with Gasteiger partial charge in [0, 0.05) is 14.0 Å². The SMILES string of the molecule is CC.CCC(NC)N(C)C(C)=O. The Kier molecular flexibility index (Phi) is 9.93. The Balaban J connectivity index is 0. The van der Waals surface area contributed by atoms with E-state index in [1.165, 1.54) is 0 Å². The van der Waals surface area contributed by atoms with Gasteiger partial charge in [-0.3, -0.25) is 4.79 Å². The van der Waals surface area contributed by atoms with Crippen molar-refractivity contribution in [3.05, 3.63) is 0 Å². The minimum atomic E-state index is 0.0983. The summed E-state index contributed by atoms with van der Waals surface area (Å²) in [4.78, 5) is 12.5. The zero-order valence-corrected chi connectivity index (χ0v) is 9.14. The van der Waals surface area contributed by atoms with Crippen LogP contribution >= 0.6 is 0 Å². The summed E-state index contributed by atoms with van der Waals surface area (Å²) < 4.78 is 0. The lowest BCUT2D eigenvalue weighted by Crippen LogP contribution is -2.43. The number of amides is 1. The van der Waals surface area contributed by atoms with Crippen LogP contribution in [0.4, 0.5) is 0 Å². The molecular weight excluding hydrogens is 152 g/mol. The molecule has 0 bridgehead atoms. The number of carbonyl (C=O) groups excluding carboxylic acids is 1. The summed E-state index contributed by atoms with van der Waals surface area (Å²) in [6, 6.07) is 0. The van der Waals surface area contributed by atoms with Gasteiger partial charge < -0.3 is 10.2 Å². The molecule has 3 heteroatoms. The molecular formula is C9H22N2O. The van der Waals surface area contributed by atoms with Crippen molar-refractivity contribution in [1.82, 2.24) is 10.2 Å². The average molecular weight is 174 g/mol. The summed E-state index contributed by atoms with van der Waals surface area (Å²) in [7, 11) is 3.65. The normalized spacial score (nSPS) is 11.2. The summed E-state index contributed by atoms with van der Waals surface area (Å²) in [6.45, 7) is 7.61. The van der Waals surface area contributed by atoms with E-state index in [-0.39, 0.29) is 12.1 Å². The smallest absolute Gasteiger partial charge is 0.220 e. The highest BCUT2D eigenvalue weighted by Gasteiger charge is 2.11. The Morgan fingerprint density at radius 1 is 1.50 bits per heavy atom. The molecule has 1 amide bonds. The van der Waals surface area contributed by atoms with Crippen LogP contribution in [-0.2, 0) is 4.79 Å². The molecule has 74 valence electrons. The third-order valence-corrected chi connectivity index (χ3v) is 1.68. The fraction of sp³-hybridized carbons (Fsp3) is 0.889. The monoisotopic (exact) mass is 174 g/mol. The topological polar surface area (TPSA) is 32.3 Å². The van der Waals surface area contributed by atoms with Gasteiger partial charge in [0.15, 0.2) is 0 Å². The molecule has 1 unspecified atom stereocenters. The summed E-state index contributed by atoms with van der Waals surface area (Å²) in [5.41, 5.74) is 0. The first kappa shape index (κ1) is 14.0. The van der Waals surface area contributed by atoms with E-state index in [1.54, 1.807) is 18.9 Å². The number of nitrogens with one attached hydrogen (secondary N) is 1. The second-order valence-corrected chi connectivity index (χ2v) is 2.34. The first-order chi connectivity index (χ1) is 5.63. The Hall–Kier alpha value is -0.570. The molecule has 0 aromatic carbocycles. The van der Waals surface area contributed by atoms with E-state index in [0.29, 0.717) is 0 Å². The van der Waals surface area contributed by atoms with Crippen molar-refractivity contribution in [2.24, 2.45) is 0 Å². The highest BCUT2D eigenvalue weighted by Crippen LogP contribution is 1.96. The van der Waals surface area contributed by atoms with Gasteiger partial charge in [-0.2, -0.15) is 0 Å². The van der Waals surface area contributed by atoms with Gasteiger partial charge in [0.05, 0.1) is 6.17 Å². The van der Waals surface area contributed by atoms with E-state index >= 15 is 0 Å². The number of nitrogens with zero attached hydrogens (tertiary/aromatic N) is 1. The highest BCUT2D eigenvalue weighted by molar-refractivity contribution is 5.73. The van der Waals surface area contributed by atoms with E-state index in [1.807, 2.05) is 27.8 Å². The van der Waals surface area contributed by atoms with Crippen LogP contribution in [-0.4, -0.2) is 31.1 Å². The lowest BCUT2D eigenvalue weighted by molar-refractivity contribution is -0.130. The largest absolute Gasteiger partial charge is 0.330 e. The third kappa shape index (κ3) is 5.13. The lowest BCUT2D eigenvalue weighted by Gasteiger charge is -2.25. The maximum Gasteiger partial charge on any atom is 0.220 e. The lowest BCUT2D eigenvalue weighted by atomic mass is 10.3. The van der Waals surface area contributed by atoms with Crippen molar-refractivity contribution in [3.8, 4) is 0 Å². The minimum Gasteiger partial charge on any atom is -0.330 e. The zero-order chi connectivity index (χ0) is 10.1. The van der Waals surface area contributed by atoms with Crippen LogP contribution in [0, 0.1) is 0 Å². The molecule has 0 saturated carbocycles. The maximum atomic E-state index is 10.8. The molecule has 0 aliphatic rings. The van der Waals surface area contributed by atoms with Crippen LogP contribution < -0.4 is 5.32 Å². The van der Waals surface area contributed by atoms with Crippen molar-refractivity contribution < 1.29 is 4.79 Å². The molecule has 1 N–H and O–H groups in total. The van der Waals surface area contributed by atoms with Crippen molar-refractivity contribution in [2.45, 2.75) is 40.3 Å². The van der Waals surface area contributed by atoms with Crippen LogP contribution in [0.15, 0.2) is 0 Å². The summed E-state index contributed by atoms with van der Waals surface area (Å²) in [5, 5.41) is 3.04. The van der Waals surface area contributed by atoms with Crippen LogP contribution in [0.25, 0.3) is 0 Å². The second-order valence-electron chi connectivity index (χ2n) is 2.34. The highest BCUT2D eigenvalue weighted by atomic mass is 16.2. The van der Waals surface area contributed by atoms with E-state index in [0.717, 1.165) is 6.42 Å². The van der Waals surface area contributed by atoms with Gasteiger partial charge in [-0.25, -0.2) is 0 Å². The molecule has 0 rings (SSSR count). The van der Waals surface area contributed by atoms with Gasteiger partial charge in [-0.05, 0) is 13.5 Å². The van der Waals surface area contributed by atoms with Gasteiger partial charge in [-0.15, -0.1) is 0 Å². The van der Waals surface area contributed by atoms with Gasteiger partial charge in [0.25, 0.3) is 0 Å². The third-order valence-electron chi connectivity index (χ3n) is 1.68. The first-order valence-corrected chi connectivity index (χ1v) is 4.54. The van der Waals surface area contributed by atoms with E-state index in [4.69, 9.17) is 0 Å². The quantitative estimate of drug-likeness (QED) is 0.657. The summed E-state index contributed by atoms with van der Waals surface area (Å²) in [6.07, 6.45) is 1.12. The van der Waals surface area contributed by atoms with Crippen LogP contribution in [0.1, 0.15) is 34.1 Å². The maximum absolute atomic E-state index is 10.8. The second kappa shape index (κ2) is 8.53. The van der Waals surface area contributed by atoms with Crippen molar-refractivity contribution in [3.63, 3.8) is 0 Å². The molecule has 0 heterocycles. The minimum absolute atomic E-state index is 0.0983. The van der Waals surface area contributed by atoms with Gasteiger partial charge in [-0.1, -0.05) is 20.8 Å². The van der Waals surface area contributed by atoms with Crippen molar-refractivity contribution in [2.75, 3.05) is 14.1 Å². The van der Waals surface area contributed by atoms with E-state index in [9.17, 15) is 4.79 Å². The molecule has 0 radical (unpaired) electrons. The molecule has 0 aliphatic carbocycles. The first-order valence-electron chi connectivity index (χ1n) is 4.54. The molecule has 0 spiro atoms. The zero-order valence-electron chi connectivity index (χ0n) is 9.14. The Bertz CT molecular complexity index is 111. The number of hydrogen-bond donors (Lipinski definition) is 1. The Labute approximate surface area is 76.1 Å². The summed E-state index contributed by atoms with van der Waals surface area (Å²) >= 11 is 0. The molecule has 12 heavy (non-hydrogen) atoms. The van der Waals surface area contributed by atoms with Crippen molar-refractivity contribution >= 4 is 5.91 Å². The van der Waals surface area contributed by atoms with Crippen LogP contribution in [0.2, 0.25) is 0 Å². The Morgan fingerprint density at radius 3 is 2.00 bits per heavy atom. The molecule has 0 aliphatic heterocycles. The molecule has 3 nitrogen and oxygen atoms in total. The Morgan fingerprint density at radius 2 is 1.92 bits per heavy atom. The summed E-state index contributed by atoms with van der Waals surface area (Å²) in [5.74, 6) is 0.0983. The van der Waals surface area contributed by atoms with E-state index in [2.05, 4.69) is 5.32 Å². The standard InChI is InChI=1S/C7H16N2O.C2H6/c1-5-7(8-3)9(4)6(2)10;1-2/h7-8H,5H2,1-4H3;1-2H3. The number of carbonyl (C=O) groups is 1. The van der Waals surface area contributed by atoms with Crippen LogP contribution in [0.3, 0.4) is 0 Å². The molecule has 0 aromatic heterocycles. The van der Waals surface area contributed by atoms with Gasteiger partial charge in [0.1, 0.15) is 0 Å². The predicted octanol–water partition coefficient (Wildman–Crippen LogP) is 1.45. The predicted molar refractivity (Wildman–Crippen MR) is 52.9 cm³/mol. The molecule has 0 fully saturated rings. The molecule has 1 atom stereocenters. The molecule has 0 saturated heterocycles. The van der Waals surface area contributed by atoms with Crippen LogP contribution in [0.5, 0.6) is 0 Å². The van der Waals surface area contributed by atoms with Crippen molar-refractivity contribution in [1.29, 1.82) is 0 Å². The fourth-order valence-corrected chi connectivity index (χ4v) is 0.891. The number of rotatable bonds is 3. The average Bonchev–Trinajstić information content (AvgIpc) is 2.10.